The lowest BCUT2D eigenvalue weighted by Crippen LogP contribution is -2.62. The van der Waals surface area contributed by atoms with Gasteiger partial charge in [0, 0.05) is 97.5 Å². The van der Waals surface area contributed by atoms with Gasteiger partial charge in [0.15, 0.2) is 0 Å². The summed E-state index contributed by atoms with van der Waals surface area (Å²) in [4.78, 5) is 279. The Labute approximate surface area is 686 Å². The Morgan fingerprint density at radius 1 is 0.513 bits per heavy atom. The van der Waals surface area contributed by atoms with E-state index < -0.39 is 265 Å². The van der Waals surface area contributed by atoms with E-state index in [0.29, 0.717) is 5.69 Å². The number of rotatable bonds is 19. The molecule has 117 heavy (non-hydrogen) atoms. The van der Waals surface area contributed by atoms with E-state index in [1.54, 1.807) is 20.8 Å². The highest BCUT2D eigenvalue weighted by molar-refractivity contribution is 8.77. The lowest BCUT2D eigenvalue weighted by Gasteiger charge is -2.31. The standard InChI is InChI=1S/C69H101N23O21S4/c1-6-33(4)54-67(111)83-41(19-53(97)98)59(103)84-42(17-36-22-73-30-76-36)68(112)92-14-8-10-50(92)66(110)80-38(11-12-52(95)96)57(101)81-39(15-32(2)3)58(102)87-45(55(71)99)25-114-116-28-48-64(108)86-44(24-93)61(105)85-43(18-37-23-74-31-77-37)69(113)91-13-7-9-49(91)65(109)78-34(5)56(100)88-47(27-117-115-26-46(62(106)89-48)79-51(94)20-70)63(107)82-40(60(104)90-54)16-35-21-72-29-75-35/h21-23,29-34,38-50,54,93H,6-20,24-28,70H2,1-5H3,(H2,71,99)(H,72,75)(H,73,76)(H,74,77)(H,78,109)(H,79,94)(H,80,110)(H,81,101)(H,82,107)(H,83,111)(H,84,103)(H,85,105)(H,86,108)(H,87,102)(H,88,100)(H,89,106)(H,90,104)(H,95,96)(H,97,98)/t33-,34-,38-,39-,40-,41-,42-,43-,44-,45-,46-,47-,48-,49-,50-,54-/m0/s1. The molecule has 0 aromatic carbocycles. The summed E-state index contributed by atoms with van der Waals surface area (Å²) in [6.45, 7) is 5.80. The first kappa shape index (κ1) is 93.6. The summed E-state index contributed by atoms with van der Waals surface area (Å²) < 4.78 is 0. The number of carboxylic acids is 2. The number of primary amides is 1. The average Bonchev–Trinajstić information content (AvgIpc) is 1.74. The number of aliphatic hydroxyl groups excluding tert-OH is 1. The zero-order valence-electron chi connectivity index (χ0n) is 64.6. The second-order valence-corrected chi connectivity index (χ2v) is 33.7. The van der Waals surface area contributed by atoms with Crippen molar-refractivity contribution in [3.05, 3.63) is 54.7 Å². The van der Waals surface area contributed by atoms with Crippen LogP contribution in [0.2, 0.25) is 0 Å². The summed E-state index contributed by atoms with van der Waals surface area (Å²) in [6.07, 6.45) is 4.64. The van der Waals surface area contributed by atoms with Gasteiger partial charge in [-0.05, 0) is 57.3 Å². The van der Waals surface area contributed by atoms with Crippen molar-refractivity contribution in [2.24, 2.45) is 23.3 Å². The molecule has 3 aromatic rings. The number of nitrogens with two attached hydrogens (primary N) is 2. The number of aliphatic hydroxyl groups is 1. The van der Waals surface area contributed by atoms with E-state index in [-0.39, 0.29) is 81.8 Å². The van der Waals surface area contributed by atoms with Crippen molar-refractivity contribution in [2.75, 3.05) is 49.3 Å². The average molecular weight is 1720 g/mol. The molecule has 4 fully saturated rings. The molecule has 2 bridgehead atoms. The molecule has 4 saturated heterocycles. The van der Waals surface area contributed by atoms with Crippen molar-refractivity contribution in [2.45, 2.75) is 202 Å². The summed E-state index contributed by atoms with van der Waals surface area (Å²) in [5, 5.41) is 63.7. The molecule has 0 spiro atoms. The number of aromatic nitrogens is 6. The topological polar surface area (TPSA) is 669 Å². The molecule has 0 unspecified atom stereocenters. The monoisotopic (exact) mass is 1720 g/mol. The fourth-order valence-corrected chi connectivity index (χ4v) is 17.5. The Balaban J connectivity index is 1.33. The Morgan fingerprint density at radius 2 is 0.957 bits per heavy atom. The van der Waals surface area contributed by atoms with Crippen molar-refractivity contribution in [1.29, 1.82) is 0 Å². The number of nitrogens with zero attached hydrogens (tertiary/aromatic N) is 5. The highest BCUT2D eigenvalue weighted by Gasteiger charge is 2.44. The van der Waals surface area contributed by atoms with Crippen LogP contribution in [-0.4, -0.2) is 301 Å². The molecule has 7 rings (SSSR count). The number of imidazole rings is 3. The minimum Gasteiger partial charge on any atom is -0.481 e. The van der Waals surface area contributed by atoms with Crippen LogP contribution < -0.4 is 80.6 Å². The highest BCUT2D eigenvalue weighted by Crippen LogP contribution is 2.28. The first-order chi connectivity index (χ1) is 55.7. The minimum absolute atomic E-state index is 0.0477. The van der Waals surface area contributed by atoms with Gasteiger partial charge in [-0.3, -0.25) is 86.3 Å². The van der Waals surface area contributed by atoms with Gasteiger partial charge in [0.25, 0.3) is 0 Å². The second kappa shape index (κ2) is 45.8. The zero-order valence-corrected chi connectivity index (χ0v) is 67.9. The molecule has 642 valence electrons. The van der Waals surface area contributed by atoms with Gasteiger partial charge >= 0.3 is 11.9 Å². The number of carbonyl (C=O) groups excluding carboxylic acids is 16. The molecule has 0 aliphatic carbocycles. The summed E-state index contributed by atoms with van der Waals surface area (Å²) >= 11 is 0. The van der Waals surface area contributed by atoms with Crippen molar-refractivity contribution in [1.82, 2.24) is 109 Å². The number of hydrogen-bond acceptors (Lipinski definition) is 27. The van der Waals surface area contributed by atoms with Gasteiger partial charge < -0.3 is 121 Å². The molecule has 16 atom stereocenters. The maximum Gasteiger partial charge on any atom is 0.305 e. The van der Waals surface area contributed by atoms with E-state index in [1.807, 2.05) is 0 Å². The van der Waals surface area contributed by atoms with Gasteiger partial charge in [0.2, 0.25) is 94.5 Å². The number of carboxylic acid groups (broad SMARTS) is 2. The molecule has 4 aliphatic heterocycles. The second-order valence-electron chi connectivity index (χ2n) is 28.6. The Morgan fingerprint density at radius 3 is 1.44 bits per heavy atom. The molecule has 3 aromatic heterocycles. The quantitative estimate of drug-likeness (QED) is 0.0496. The van der Waals surface area contributed by atoms with Gasteiger partial charge in [0.05, 0.1) is 38.6 Å². The minimum atomic E-state index is -2.02. The first-order valence-electron chi connectivity index (χ1n) is 37.7. The van der Waals surface area contributed by atoms with Crippen molar-refractivity contribution >= 4 is 150 Å². The van der Waals surface area contributed by atoms with Gasteiger partial charge in [-0.25, -0.2) is 15.0 Å². The van der Waals surface area contributed by atoms with Crippen LogP contribution >= 0.6 is 43.2 Å². The van der Waals surface area contributed by atoms with Crippen LogP contribution in [-0.2, 0) is 106 Å². The molecule has 0 radical (unpaired) electrons. The largest absolute Gasteiger partial charge is 0.481 e. The molecular weight excluding hydrogens is 1620 g/mol. The molecule has 23 N–H and O–H groups in total. The van der Waals surface area contributed by atoms with E-state index >= 15 is 9.59 Å². The third-order valence-electron chi connectivity index (χ3n) is 19.3. The van der Waals surface area contributed by atoms with Crippen LogP contribution in [0.5, 0.6) is 0 Å². The number of amides is 16. The molecule has 0 saturated carbocycles. The number of fused-ring (bicyclic) bond motifs is 10. The Bertz CT molecular complexity index is 4020. The normalized spacial score (nSPS) is 27.5. The van der Waals surface area contributed by atoms with Crippen LogP contribution in [0, 0.1) is 11.8 Å². The van der Waals surface area contributed by atoms with Gasteiger partial charge in [0.1, 0.15) is 90.6 Å². The van der Waals surface area contributed by atoms with E-state index in [4.69, 9.17) is 11.5 Å². The van der Waals surface area contributed by atoms with Crippen LogP contribution in [0.1, 0.15) is 109 Å². The number of hydrogen-bond donors (Lipinski definition) is 21. The molecule has 7 heterocycles. The zero-order chi connectivity index (χ0) is 85.7. The number of H-pyrrole nitrogens is 3. The van der Waals surface area contributed by atoms with E-state index in [1.165, 1.54) is 51.4 Å². The molecule has 44 nitrogen and oxygen atoms in total. The van der Waals surface area contributed by atoms with Crippen LogP contribution in [0.3, 0.4) is 0 Å². The van der Waals surface area contributed by atoms with Gasteiger partial charge in [-0.1, -0.05) is 77.3 Å². The molecule has 16 amide bonds. The number of carbonyl (C=O) groups is 18. The van der Waals surface area contributed by atoms with Gasteiger partial charge in [-0.2, -0.15) is 0 Å². The summed E-state index contributed by atoms with van der Waals surface area (Å²) in [5.41, 5.74) is 12.3. The first-order valence-corrected chi connectivity index (χ1v) is 42.7. The van der Waals surface area contributed by atoms with Crippen molar-refractivity contribution in [3.63, 3.8) is 0 Å². The lowest BCUT2D eigenvalue weighted by atomic mass is 9.96. The Kier molecular flexibility index (Phi) is 36.6. The van der Waals surface area contributed by atoms with Crippen molar-refractivity contribution in [3.8, 4) is 0 Å². The van der Waals surface area contributed by atoms with E-state index in [2.05, 4.69) is 99.0 Å². The predicted molar refractivity (Wildman–Crippen MR) is 420 cm³/mol. The maximum absolute atomic E-state index is 15.1. The fraction of sp³-hybridized carbons (Fsp3) is 0.609. The van der Waals surface area contributed by atoms with Gasteiger partial charge in [-0.15, -0.1) is 0 Å². The summed E-state index contributed by atoms with van der Waals surface area (Å²) in [7, 11) is 3.26. The fourth-order valence-electron chi connectivity index (χ4n) is 12.8. The SMILES string of the molecule is CC[C@H](C)[C@@H]1NC(=O)[C@H](Cc2cnc[nH]2)NC(=O)[C@@H]2CSSC[C@H](NC(=O)CN)C(=O)N[C@@H](CSSC[C@@H](C(N)=O)NC(=O)[C@H](CC(C)C)NC(=O)[C@H](CCC(=O)O)NC(=O)[C@@H]3CCCN3C(=O)[C@H](Cc3cnc[nH]3)NC(=O)[C@H](CC(=O)O)NC1=O)C(=O)N[C@@H](CO)C(=O)N[C@@H](Cc1cnc[nH]1)C(=O)N1CCC[C@H]1C(=O)N[C@@H](C)C(=O)N2. The summed E-state index contributed by atoms with van der Waals surface area (Å²) in [5.74, 6) is -22.6. The third-order valence-corrected chi connectivity index (χ3v) is 24.2. The third kappa shape index (κ3) is 28.3. The van der Waals surface area contributed by atoms with E-state index in [0.717, 1.165) is 53.0 Å². The van der Waals surface area contributed by atoms with Crippen LogP contribution in [0.4, 0.5) is 0 Å². The molecule has 4 aliphatic rings. The number of aliphatic carboxylic acids is 2. The smallest absolute Gasteiger partial charge is 0.305 e. The van der Waals surface area contributed by atoms with Crippen LogP contribution in [0.25, 0.3) is 0 Å². The Hall–Kier alpha value is -10.6. The molecular formula is C69H101N23O21S4. The molecule has 48 heteroatoms. The lowest BCUT2D eigenvalue weighted by molar-refractivity contribution is -0.144. The number of aromatic amines is 3. The number of nitrogens with one attached hydrogen (secondary N) is 16. The van der Waals surface area contributed by atoms with Crippen molar-refractivity contribution < 1.29 is 102 Å². The van der Waals surface area contributed by atoms with Crippen LogP contribution in [0.15, 0.2) is 37.6 Å². The summed E-state index contributed by atoms with van der Waals surface area (Å²) in [6, 6.07) is -24.6. The predicted octanol–water partition coefficient (Wildman–Crippen LogP) is -7.15. The van der Waals surface area contributed by atoms with E-state index in [9.17, 15) is 92.0 Å². The maximum atomic E-state index is 15.1. The highest BCUT2D eigenvalue weighted by atomic mass is 33.1.